The van der Waals surface area contributed by atoms with Gasteiger partial charge >= 0.3 is 0 Å². The van der Waals surface area contributed by atoms with Crippen LogP contribution in [0, 0.1) is 0 Å². The van der Waals surface area contributed by atoms with Crippen molar-refractivity contribution >= 4 is 17.7 Å². The minimum atomic E-state index is 0.0921. The van der Waals surface area contributed by atoms with Gasteiger partial charge in [0.2, 0.25) is 5.91 Å². The van der Waals surface area contributed by atoms with Crippen molar-refractivity contribution in [1.29, 1.82) is 0 Å². The van der Waals surface area contributed by atoms with Crippen LogP contribution in [-0.4, -0.2) is 16.6 Å². The first-order valence-electron chi connectivity index (χ1n) is 6.62. The molecule has 0 unspecified atom stereocenters. The van der Waals surface area contributed by atoms with Gasteiger partial charge in [-0.05, 0) is 17.2 Å². The lowest BCUT2D eigenvalue weighted by Gasteiger charge is -2.05. The summed E-state index contributed by atoms with van der Waals surface area (Å²) >= 11 is 1.78. The molecule has 0 saturated heterocycles. The minimum Gasteiger partial charge on any atom is -0.352 e. The van der Waals surface area contributed by atoms with Crippen LogP contribution < -0.4 is 5.32 Å². The van der Waals surface area contributed by atoms with Crippen molar-refractivity contribution in [2.75, 3.05) is 5.75 Å². The van der Waals surface area contributed by atoms with Crippen LogP contribution in [0.1, 0.15) is 17.5 Å². The molecule has 1 aromatic carbocycles. The zero-order chi connectivity index (χ0) is 14.0. The van der Waals surface area contributed by atoms with Crippen molar-refractivity contribution in [3.8, 4) is 0 Å². The second-order valence-electron chi connectivity index (χ2n) is 4.43. The third-order valence-electron chi connectivity index (χ3n) is 2.80. The van der Waals surface area contributed by atoms with E-state index in [2.05, 4.69) is 22.4 Å². The van der Waals surface area contributed by atoms with E-state index in [0.717, 1.165) is 17.1 Å². The first-order valence-corrected chi connectivity index (χ1v) is 7.77. The molecule has 4 heteroatoms. The number of hydrogen-bond donors (Lipinski definition) is 1. The summed E-state index contributed by atoms with van der Waals surface area (Å²) < 4.78 is 0. The van der Waals surface area contributed by atoms with Gasteiger partial charge in [0.25, 0.3) is 0 Å². The van der Waals surface area contributed by atoms with Crippen LogP contribution in [0.2, 0.25) is 0 Å². The molecule has 1 amide bonds. The zero-order valence-corrected chi connectivity index (χ0v) is 12.1. The maximum Gasteiger partial charge on any atom is 0.221 e. The van der Waals surface area contributed by atoms with Crippen LogP contribution in [0.15, 0.2) is 54.9 Å². The Bertz CT molecular complexity index is 517. The molecule has 1 N–H and O–H groups in total. The van der Waals surface area contributed by atoms with E-state index >= 15 is 0 Å². The fourth-order valence-corrected chi connectivity index (χ4v) is 2.62. The smallest absolute Gasteiger partial charge is 0.221 e. The number of hydrogen-bond acceptors (Lipinski definition) is 3. The quantitative estimate of drug-likeness (QED) is 0.796. The van der Waals surface area contributed by atoms with E-state index in [1.165, 1.54) is 5.56 Å². The topological polar surface area (TPSA) is 42.0 Å². The van der Waals surface area contributed by atoms with Gasteiger partial charge in [0.1, 0.15) is 0 Å². The van der Waals surface area contributed by atoms with Crippen molar-refractivity contribution < 1.29 is 4.79 Å². The lowest BCUT2D eigenvalue weighted by Crippen LogP contribution is -2.23. The van der Waals surface area contributed by atoms with Crippen molar-refractivity contribution in [2.24, 2.45) is 0 Å². The third-order valence-corrected chi connectivity index (χ3v) is 3.83. The summed E-state index contributed by atoms with van der Waals surface area (Å²) in [7, 11) is 0. The van der Waals surface area contributed by atoms with E-state index < -0.39 is 0 Å². The highest BCUT2D eigenvalue weighted by Gasteiger charge is 2.01. The van der Waals surface area contributed by atoms with E-state index in [4.69, 9.17) is 0 Å². The Kier molecular flexibility index (Phi) is 6.11. The summed E-state index contributed by atoms with van der Waals surface area (Å²) in [5.74, 6) is 1.89. The fourth-order valence-electron chi connectivity index (χ4n) is 1.72. The number of rotatable bonds is 7. The van der Waals surface area contributed by atoms with Gasteiger partial charge in [0.15, 0.2) is 0 Å². The van der Waals surface area contributed by atoms with E-state index in [9.17, 15) is 4.79 Å². The average molecular weight is 286 g/mol. The Morgan fingerprint density at radius 3 is 2.65 bits per heavy atom. The normalized spacial score (nSPS) is 10.2. The second kappa shape index (κ2) is 8.38. The monoisotopic (exact) mass is 286 g/mol. The van der Waals surface area contributed by atoms with Crippen LogP contribution >= 0.6 is 11.8 Å². The van der Waals surface area contributed by atoms with E-state index in [1.54, 1.807) is 24.2 Å². The number of nitrogens with one attached hydrogen (secondary N) is 1. The molecule has 1 aromatic heterocycles. The molecular weight excluding hydrogens is 268 g/mol. The molecule has 0 aliphatic carbocycles. The number of aromatic nitrogens is 1. The van der Waals surface area contributed by atoms with Crippen LogP contribution in [0.3, 0.4) is 0 Å². The van der Waals surface area contributed by atoms with E-state index in [0.29, 0.717) is 13.0 Å². The molecule has 0 fully saturated rings. The standard InChI is InChI=1S/C16H18N2OS/c19-16(18-12-15-7-4-9-17-11-15)8-10-20-13-14-5-2-1-3-6-14/h1-7,9,11H,8,10,12-13H2,(H,18,19). The van der Waals surface area contributed by atoms with E-state index in [1.807, 2.05) is 30.3 Å². The predicted octanol–water partition coefficient (Wildman–Crippen LogP) is 3.02. The molecule has 0 aliphatic heterocycles. The highest BCUT2D eigenvalue weighted by Crippen LogP contribution is 2.12. The molecular formula is C16H18N2OS. The van der Waals surface area contributed by atoms with Crippen LogP contribution in [0.4, 0.5) is 0 Å². The number of amides is 1. The van der Waals surface area contributed by atoms with Crippen LogP contribution in [0.5, 0.6) is 0 Å². The number of nitrogens with zero attached hydrogens (tertiary/aromatic N) is 1. The molecule has 0 aliphatic rings. The molecule has 0 atom stereocenters. The summed E-state index contributed by atoms with van der Waals surface area (Å²) in [6.45, 7) is 0.552. The van der Waals surface area contributed by atoms with Crippen LogP contribution in [0.25, 0.3) is 0 Å². The van der Waals surface area contributed by atoms with Crippen molar-refractivity contribution in [1.82, 2.24) is 10.3 Å². The summed E-state index contributed by atoms with van der Waals surface area (Å²) in [5.41, 5.74) is 2.33. The fraction of sp³-hybridized carbons (Fsp3) is 0.250. The van der Waals surface area contributed by atoms with Gasteiger partial charge in [0.05, 0.1) is 0 Å². The van der Waals surface area contributed by atoms with Crippen LogP contribution in [-0.2, 0) is 17.1 Å². The summed E-state index contributed by atoms with van der Waals surface area (Å²) in [6, 6.07) is 14.1. The highest BCUT2D eigenvalue weighted by molar-refractivity contribution is 7.98. The largest absolute Gasteiger partial charge is 0.352 e. The Morgan fingerprint density at radius 1 is 1.10 bits per heavy atom. The maximum absolute atomic E-state index is 11.7. The van der Waals surface area contributed by atoms with Crippen molar-refractivity contribution in [3.05, 3.63) is 66.0 Å². The molecule has 104 valence electrons. The van der Waals surface area contributed by atoms with Gasteiger partial charge in [-0.3, -0.25) is 9.78 Å². The number of carbonyl (C=O) groups is 1. The van der Waals surface area contributed by atoms with Gasteiger partial charge in [-0.15, -0.1) is 0 Å². The lowest BCUT2D eigenvalue weighted by molar-refractivity contribution is -0.120. The van der Waals surface area contributed by atoms with Gasteiger partial charge < -0.3 is 5.32 Å². The van der Waals surface area contributed by atoms with Crippen molar-refractivity contribution in [2.45, 2.75) is 18.7 Å². The summed E-state index contributed by atoms with van der Waals surface area (Å²) in [5, 5.41) is 2.91. The molecule has 0 saturated carbocycles. The predicted molar refractivity (Wildman–Crippen MR) is 83.3 cm³/mol. The van der Waals surface area contributed by atoms with Gasteiger partial charge in [0, 0.05) is 36.9 Å². The first kappa shape index (κ1) is 14.6. The lowest BCUT2D eigenvalue weighted by atomic mass is 10.2. The number of pyridine rings is 1. The summed E-state index contributed by atoms with van der Waals surface area (Å²) in [4.78, 5) is 15.7. The maximum atomic E-state index is 11.7. The molecule has 0 radical (unpaired) electrons. The number of benzene rings is 1. The third kappa shape index (κ3) is 5.45. The Balaban J connectivity index is 1.59. The second-order valence-corrected chi connectivity index (χ2v) is 5.53. The molecule has 0 spiro atoms. The van der Waals surface area contributed by atoms with Gasteiger partial charge in [-0.25, -0.2) is 0 Å². The summed E-state index contributed by atoms with van der Waals surface area (Å²) in [6.07, 6.45) is 4.05. The minimum absolute atomic E-state index is 0.0921. The molecule has 20 heavy (non-hydrogen) atoms. The molecule has 3 nitrogen and oxygen atoms in total. The molecule has 1 heterocycles. The number of carbonyl (C=O) groups excluding carboxylic acids is 1. The zero-order valence-electron chi connectivity index (χ0n) is 11.3. The Labute approximate surface area is 123 Å². The Hall–Kier alpha value is -1.81. The average Bonchev–Trinajstić information content (AvgIpc) is 2.52. The van der Waals surface area contributed by atoms with Gasteiger partial charge in [-0.1, -0.05) is 36.4 Å². The van der Waals surface area contributed by atoms with Crippen molar-refractivity contribution in [3.63, 3.8) is 0 Å². The molecule has 0 bridgehead atoms. The Morgan fingerprint density at radius 2 is 1.90 bits per heavy atom. The van der Waals surface area contributed by atoms with Gasteiger partial charge in [-0.2, -0.15) is 11.8 Å². The SMILES string of the molecule is O=C(CCSCc1ccccc1)NCc1cccnc1. The molecule has 2 aromatic rings. The van der Waals surface area contributed by atoms with E-state index in [-0.39, 0.29) is 5.91 Å². The molecule has 2 rings (SSSR count). The number of thioether (sulfide) groups is 1. The highest BCUT2D eigenvalue weighted by atomic mass is 32.2. The first-order chi connectivity index (χ1) is 9.84.